The van der Waals surface area contributed by atoms with E-state index in [1.54, 1.807) is 0 Å². The lowest BCUT2D eigenvalue weighted by atomic mass is 9.96. The summed E-state index contributed by atoms with van der Waals surface area (Å²) in [5.41, 5.74) is 5.36. The fourth-order valence-corrected chi connectivity index (χ4v) is 2.91. The summed E-state index contributed by atoms with van der Waals surface area (Å²) in [6.45, 7) is 7.26. The fourth-order valence-electron chi connectivity index (χ4n) is 2.91. The van der Waals surface area contributed by atoms with Crippen LogP contribution in [0.2, 0.25) is 0 Å². The number of nitrogens with one attached hydrogen (secondary N) is 2. The molecular formula is C17H35N5O. The van der Waals surface area contributed by atoms with Crippen molar-refractivity contribution in [3.8, 4) is 0 Å². The Balaban J connectivity index is 2.01. The van der Waals surface area contributed by atoms with E-state index in [1.807, 2.05) is 7.05 Å². The zero-order valence-corrected chi connectivity index (χ0v) is 14.9. The van der Waals surface area contributed by atoms with Crippen molar-refractivity contribution >= 4 is 11.9 Å². The Hall–Kier alpha value is -1.30. The number of carbonyl (C=O) groups excluding carboxylic acids is 1. The highest BCUT2D eigenvalue weighted by atomic mass is 16.1. The van der Waals surface area contributed by atoms with Crippen molar-refractivity contribution in [2.24, 2.45) is 16.6 Å². The third-order valence-electron chi connectivity index (χ3n) is 4.48. The van der Waals surface area contributed by atoms with Crippen LogP contribution < -0.4 is 16.4 Å². The molecule has 0 aromatic carbocycles. The summed E-state index contributed by atoms with van der Waals surface area (Å²) >= 11 is 0. The van der Waals surface area contributed by atoms with Gasteiger partial charge in [-0.25, -0.2) is 0 Å². The number of nitrogens with two attached hydrogens (primary N) is 1. The predicted molar refractivity (Wildman–Crippen MR) is 96.5 cm³/mol. The monoisotopic (exact) mass is 325 g/mol. The van der Waals surface area contributed by atoms with Gasteiger partial charge in [0.25, 0.3) is 0 Å². The number of unbranched alkanes of at least 4 members (excludes halogenated alkanes) is 3. The molecule has 0 bridgehead atoms. The number of nitrogens with zero attached hydrogens (tertiary/aromatic N) is 2. The first-order chi connectivity index (χ1) is 11.2. The number of carbonyl (C=O) groups is 1. The van der Waals surface area contributed by atoms with E-state index in [0.29, 0.717) is 0 Å². The molecular weight excluding hydrogens is 290 g/mol. The summed E-state index contributed by atoms with van der Waals surface area (Å²) in [5.74, 6) is 0.866. The van der Waals surface area contributed by atoms with Gasteiger partial charge < -0.3 is 21.3 Å². The third-order valence-corrected chi connectivity index (χ3v) is 4.48. The predicted octanol–water partition coefficient (Wildman–Crippen LogP) is 1.32. The van der Waals surface area contributed by atoms with Gasteiger partial charge in [0.2, 0.25) is 5.91 Å². The average molecular weight is 326 g/mol. The molecule has 1 fully saturated rings. The maximum absolute atomic E-state index is 11.1. The van der Waals surface area contributed by atoms with Gasteiger partial charge in [-0.1, -0.05) is 19.8 Å². The lowest BCUT2D eigenvalue weighted by Crippen LogP contribution is -2.40. The molecule has 6 nitrogen and oxygen atoms in total. The van der Waals surface area contributed by atoms with Gasteiger partial charge in [0.1, 0.15) is 0 Å². The van der Waals surface area contributed by atoms with Crippen molar-refractivity contribution in [1.82, 2.24) is 15.5 Å². The molecule has 6 heteroatoms. The van der Waals surface area contributed by atoms with E-state index in [9.17, 15) is 4.79 Å². The van der Waals surface area contributed by atoms with E-state index in [0.717, 1.165) is 57.9 Å². The topological polar surface area (TPSA) is 82.8 Å². The van der Waals surface area contributed by atoms with Crippen LogP contribution in [0.15, 0.2) is 4.99 Å². The molecule has 0 aliphatic carbocycles. The number of hydrogen-bond donors (Lipinski definition) is 3. The first-order valence-corrected chi connectivity index (χ1v) is 9.13. The van der Waals surface area contributed by atoms with Gasteiger partial charge in [-0.05, 0) is 51.7 Å². The van der Waals surface area contributed by atoms with Crippen LogP contribution in [0.25, 0.3) is 0 Å². The lowest BCUT2D eigenvalue weighted by molar-refractivity contribution is -0.123. The van der Waals surface area contributed by atoms with E-state index < -0.39 is 0 Å². The van der Waals surface area contributed by atoms with Gasteiger partial charge in [0.05, 0.1) is 0 Å². The second-order valence-electron chi connectivity index (χ2n) is 6.36. The molecule has 1 rings (SSSR count). The number of guanidine groups is 1. The van der Waals surface area contributed by atoms with Crippen molar-refractivity contribution in [2.75, 3.05) is 39.8 Å². The van der Waals surface area contributed by atoms with Crippen LogP contribution in [0.3, 0.4) is 0 Å². The number of rotatable bonds is 10. The quantitative estimate of drug-likeness (QED) is 0.321. The second-order valence-corrected chi connectivity index (χ2v) is 6.36. The maximum Gasteiger partial charge on any atom is 0.220 e. The minimum atomic E-state index is -0.133. The van der Waals surface area contributed by atoms with Crippen LogP contribution in [0, 0.1) is 5.92 Å². The summed E-state index contributed by atoms with van der Waals surface area (Å²) < 4.78 is 0. The number of amides is 1. The molecule has 0 atom stereocenters. The minimum Gasteiger partial charge on any atom is -0.369 e. The standard InChI is InChI=1S/C17H35N5O/c1-3-4-5-10-20-17(19-2)21-11-6-7-12-22-13-8-15(9-14-22)16(18)23/h15H,3-14H2,1-2H3,(H2,18,23)(H2,19,20,21). The molecule has 0 spiro atoms. The van der Waals surface area contributed by atoms with Crippen LogP contribution in [0.5, 0.6) is 0 Å². The van der Waals surface area contributed by atoms with E-state index in [1.165, 1.54) is 25.7 Å². The summed E-state index contributed by atoms with van der Waals surface area (Å²) in [6.07, 6.45) is 7.83. The van der Waals surface area contributed by atoms with Crippen LogP contribution in [0.4, 0.5) is 0 Å². The Morgan fingerprint density at radius 3 is 2.26 bits per heavy atom. The van der Waals surface area contributed by atoms with E-state index in [4.69, 9.17) is 5.73 Å². The van der Waals surface area contributed by atoms with E-state index >= 15 is 0 Å². The number of likely N-dealkylation sites (tertiary alicyclic amines) is 1. The Morgan fingerprint density at radius 2 is 1.74 bits per heavy atom. The number of hydrogen-bond acceptors (Lipinski definition) is 3. The summed E-state index contributed by atoms with van der Waals surface area (Å²) in [5, 5.41) is 6.71. The Bertz CT molecular complexity index is 351. The number of primary amides is 1. The van der Waals surface area contributed by atoms with Crippen LogP contribution in [0.1, 0.15) is 51.9 Å². The van der Waals surface area contributed by atoms with Gasteiger partial charge in [-0.15, -0.1) is 0 Å². The molecule has 4 N–H and O–H groups in total. The van der Waals surface area contributed by atoms with Crippen molar-refractivity contribution in [1.29, 1.82) is 0 Å². The van der Waals surface area contributed by atoms with Gasteiger partial charge in [-0.3, -0.25) is 9.79 Å². The third kappa shape index (κ3) is 8.79. The normalized spacial score (nSPS) is 17.2. The van der Waals surface area contributed by atoms with Gasteiger partial charge in [0.15, 0.2) is 5.96 Å². The fraction of sp³-hybridized carbons (Fsp3) is 0.882. The molecule has 0 aromatic rings. The second kappa shape index (κ2) is 12.2. The molecule has 1 aliphatic rings. The molecule has 134 valence electrons. The van der Waals surface area contributed by atoms with E-state index in [-0.39, 0.29) is 11.8 Å². The Morgan fingerprint density at radius 1 is 1.13 bits per heavy atom. The van der Waals surface area contributed by atoms with Crippen LogP contribution in [-0.4, -0.2) is 56.5 Å². The van der Waals surface area contributed by atoms with Crippen LogP contribution in [-0.2, 0) is 4.79 Å². The first kappa shape index (κ1) is 19.7. The molecule has 0 unspecified atom stereocenters. The Kier molecular flexibility index (Phi) is 10.4. The molecule has 0 radical (unpaired) electrons. The summed E-state index contributed by atoms with van der Waals surface area (Å²) in [7, 11) is 1.82. The lowest BCUT2D eigenvalue weighted by Gasteiger charge is -2.30. The molecule has 1 aliphatic heterocycles. The summed E-state index contributed by atoms with van der Waals surface area (Å²) in [6, 6.07) is 0. The molecule has 0 aromatic heterocycles. The summed E-state index contributed by atoms with van der Waals surface area (Å²) in [4.78, 5) is 17.8. The highest BCUT2D eigenvalue weighted by Gasteiger charge is 2.22. The zero-order valence-electron chi connectivity index (χ0n) is 14.9. The van der Waals surface area contributed by atoms with Crippen molar-refractivity contribution < 1.29 is 4.79 Å². The van der Waals surface area contributed by atoms with Gasteiger partial charge >= 0.3 is 0 Å². The van der Waals surface area contributed by atoms with Gasteiger partial charge in [0, 0.05) is 26.1 Å². The average Bonchev–Trinajstić information content (AvgIpc) is 2.57. The minimum absolute atomic E-state index is 0.0926. The molecule has 1 heterocycles. The zero-order chi connectivity index (χ0) is 16.9. The number of aliphatic imine (C=N–C) groups is 1. The van der Waals surface area contributed by atoms with Gasteiger partial charge in [-0.2, -0.15) is 0 Å². The van der Waals surface area contributed by atoms with Crippen molar-refractivity contribution in [3.63, 3.8) is 0 Å². The van der Waals surface area contributed by atoms with E-state index in [2.05, 4.69) is 27.4 Å². The number of piperidine rings is 1. The molecule has 1 amide bonds. The molecule has 1 saturated heterocycles. The highest BCUT2D eigenvalue weighted by molar-refractivity contribution is 5.79. The maximum atomic E-state index is 11.1. The molecule has 23 heavy (non-hydrogen) atoms. The smallest absolute Gasteiger partial charge is 0.220 e. The van der Waals surface area contributed by atoms with Crippen molar-refractivity contribution in [3.05, 3.63) is 0 Å². The van der Waals surface area contributed by atoms with Crippen molar-refractivity contribution in [2.45, 2.75) is 51.9 Å². The largest absolute Gasteiger partial charge is 0.369 e. The molecule has 0 saturated carbocycles. The van der Waals surface area contributed by atoms with Crippen LogP contribution >= 0.6 is 0 Å². The first-order valence-electron chi connectivity index (χ1n) is 9.13. The highest BCUT2D eigenvalue weighted by Crippen LogP contribution is 2.16. The SMILES string of the molecule is CCCCCNC(=NC)NCCCCN1CCC(C(N)=O)CC1. The Labute approximate surface area is 141 Å².